The van der Waals surface area contributed by atoms with Gasteiger partial charge in [0.15, 0.2) is 0 Å². The van der Waals surface area contributed by atoms with Crippen LogP contribution in [0.5, 0.6) is 0 Å². The fourth-order valence-corrected chi connectivity index (χ4v) is 5.65. The minimum absolute atomic E-state index is 0.520. The van der Waals surface area contributed by atoms with Gasteiger partial charge in [-0.15, -0.1) is 0 Å². The minimum Gasteiger partial charge on any atom is -0.234 e. The first kappa shape index (κ1) is 29.2. The van der Waals surface area contributed by atoms with Crippen molar-refractivity contribution >= 4 is 0 Å². The van der Waals surface area contributed by atoms with Gasteiger partial charge < -0.3 is 0 Å². The van der Waals surface area contributed by atoms with Gasteiger partial charge in [0.1, 0.15) is 11.9 Å². The van der Waals surface area contributed by atoms with E-state index in [2.05, 4.69) is 96.8 Å². The van der Waals surface area contributed by atoms with E-state index < -0.39 is 0 Å². The van der Waals surface area contributed by atoms with Gasteiger partial charge in [0.05, 0.1) is 19.5 Å². The number of aromatic nitrogens is 2. The molecule has 1 atom stereocenters. The van der Waals surface area contributed by atoms with E-state index in [0.29, 0.717) is 5.92 Å². The van der Waals surface area contributed by atoms with Crippen molar-refractivity contribution in [3.8, 4) is 0 Å². The molecular weight excluding hydrogens is 448 g/mol. The molecule has 1 heterocycles. The molecule has 37 heavy (non-hydrogen) atoms. The molecule has 3 rings (SSSR count). The molecule has 2 nitrogen and oxygen atoms in total. The summed E-state index contributed by atoms with van der Waals surface area (Å²) in [5.74, 6) is 1.98. The van der Waals surface area contributed by atoms with Crippen LogP contribution in [0.4, 0.5) is 0 Å². The third-order valence-corrected chi connectivity index (χ3v) is 7.96. The zero-order valence-corrected chi connectivity index (χ0v) is 24.1. The number of benzene rings is 2. The Morgan fingerprint density at radius 1 is 0.676 bits per heavy atom. The molecule has 0 fully saturated rings. The van der Waals surface area contributed by atoms with Gasteiger partial charge in [0.2, 0.25) is 0 Å². The van der Waals surface area contributed by atoms with Crippen molar-refractivity contribution in [3.05, 3.63) is 89.5 Å². The van der Waals surface area contributed by atoms with E-state index in [-0.39, 0.29) is 0 Å². The fourth-order valence-electron chi connectivity index (χ4n) is 5.65. The third-order valence-electron chi connectivity index (χ3n) is 7.96. The van der Waals surface area contributed by atoms with E-state index in [0.717, 1.165) is 25.9 Å². The van der Waals surface area contributed by atoms with E-state index in [1.165, 1.54) is 99.7 Å². The van der Waals surface area contributed by atoms with Crippen LogP contribution >= 0.6 is 0 Å². The third kappa shape index (κ3) is 10.1. The van der Waals surface area contributed by atoms with E-state index in [1.807, 2.05) is 0 Å². The molecule has 0 spiro atoms. The molecule has 0 bridgehead atoms. The maximum absolute atomic E-state index is 2.67. The Labute approximate surface area is 228 Å². The standard InChI is InChI=1S/C35H53N2/c1-4-6-7-8-9-10-11-12-13-14-15-22-27-37-34(28-31(3)33-25-20-17-21-26-33)30-36(5-2)35(37)29-32-23-18-16-19-24-32/h16-21,23-26,30-31H,4-15,22,27-29H2,1-3H3/q+1. The van der Waals surface area contributed by atoms with Crippen molar-refractivity contribution < 1.29 is 4.57 Å². The molecule has 202 valence electrons. The fraction of sp³-hybridized carbons (Fsp3) is 0.571. The maximum Gasteiger partial charge on any atom is 0.261 e. The highest BCUT2D eigenvalue weighted by molar-refractivity contribution is 5.21. The number of imidazole rings is 1. The lowest BCUT2D eigenvalue weighted by atomic mass is 9.96. The lowest BCUT2D eigenvalue weighted by Crippen LogP contribution is -2.41. The van der Waals surface area contributed by atoms with Crippen molar-refractivity contribution in [3.63, 3.8) is 0 Å². The van der Waals surface area contributed by atoms with Crippen molar-refractivity contribution in [2.45, 2.75) is 130 Å². The molecule has 1 unspecified atom stereocenters. The SMILES string of the molecule is CCCCCCCCCCCCCC[n+]1c(CC(C)c2ccccc2)cn(CC)c1Cc1ccccc1. The lowest BCUT2D eigenvalue weighted by molar-refractivity contribution is -0.710. The zero-order chi connectivity index (χ0) is 26.1. The summed E-state index contributed by atoms with van der Waals surface area (Å²) < 4.78 is 5.17. The number of hydrogen-bond donors (Lipinski definition) is 0. The second-order valence-electron chi connectivity index (χ2n) is 11.0. The molecule has 0 saturated heterocycles. The summed E-state index contributed by atoms with van der Waals surface area (Å²) in [7, 11) is 0. The number of rotatable bonds is 19. The van der Waals surface area contributed by atoms with E-state index in [1.54, 1.807) is 0 Å². The Hall–Kier alpha value is -2.35. The molecule has 0 radical (unpaired) electrons. The first-order valence-electron chi connectivity index (χ1n) is 15.4. The van der Waals surface area contributed by atoms with Crippen LogP contribution in [0.3, 0.4) is 0 Å². The molecule has 0 aliphatic rings. The highest BCUT2D eigenvalue weighted by Crippen LogP contribution is 2.21. The smallest absolute Gasteiger partial charge is 0.234 e. The molecule has 0 aliphatic heterocycles. The van der Waals surface area contributed by atoms with Crippen molar-refractivity contribution in [1.29, 1.82) is 0 Å². The molecule has 0 saturated carbocycles. The van der Waals surface area contributed by atoms with Crippen LogP contribution in [0.1, 0.15) is 126 Å². The van der Waals surface area contributed by atoms with E-state index >= 15 is 0 Å². The molecular formula is C35H53N2+. The highest BCUT2D eigenvalue weighted by atomic mass is 15.2. The second-order valence-corrected chi connectivity index (χ2v) is 11.0. The minimum atomic E-state index is 0.520. The molecule has 2 heteroatoms. The van der Waals surface area contributed by atoms with Gasteiger partial charge in [-0.25, -0.2) is 9.13 Å². The van der Waals surface area contributed by atoms with E-state index in [9.17, 15) is 0 Å². The van der Waals surface area contributed by atoms with Gasteiger partial charge >= 0.3 is 0 Å². The molecule has 3 aromatic rings. The average Bonchev–Trinajstić information content (AvgIpc) is 3.25. The monoisotopic (exact) mass is 501 g/mol. The van der Waals surface area contributed by atoms with Gasteiger partial charge in [0, 0.05) is 6.42 Å². The van der Waals surface area contributed by atoms with Gasteiger partial charge in [-0.05, 0) is 36.8 Å². The van der Waals surface area contributed by atoms with Gasteiger partial charge in [-0.1, -0.05) is 139 Å². The van der Waals surface area contributed by atoms with Crippen LogP contribution in [0.15, 0.2) is 66.9 Å². The predicted octanol–water partition coefficient (Wildman–Crippen LogP) is 9.43. The zero-order valence-electron chi connectivity index (χ0n) is 24.1. The van der Waals surface area contributed by atoms with Crippen LogP contribution in [-0.2, 0) is 25.9 Å². The van der Waals surface area contributed by atoms with Crippen LogP contribution in [0.25, 0.3) is 0 Å². The van der Waals surface area contributed by atoms with Crippen LogP contribution in [0.2, 0.25) is 0 Å². The predicted molar refractivity (Wildman–Crippen MR) is 159 cm³/mol. The molecule has 0 N–H and O–H groups in total. The summed E-state index contributed by atoms with van der Waals surface area (Å²) in [6, 6.07) is 22.0. The topological polar surface area (TPSA) is 8.81 Å². The normalized spacial score (nSPS) is 12.2. The highest BCUT2D eigenvalue weighted by Gasteiger charge is 2.24. The summed E-state index contributed by atoms with van der Waals surface area (Å²) in [6.45, 7) is 9.13. The Bertz CT molecular complexity index is 973. The molecule has 0 amide bonds. The summed E-state index contributed by atoms with van der Waals surface area (Å²) in [5, 5.41) is 0. The Balaban J connectivity index is 1.56. The molecule has 0 aliphatic carbocycles. The number of hydrogen-bond acceptors (Lipinski definition) is 0. The van der Waals surface area contributed by atoms with Gasteiger partial charge in [-0.3, -0.25) is 0 Å². The largest absolute Gasteiger partial charge is 0.261 e. The second kappa shape index (κ2) is 17.2. The summed E-state index contributed by atoms with van der Waals surface area (Å²) in [4.78, 5) is 0. The van der Waals surface area contributed by atoms with Crippen LogP contribution < -0.4 is 4.57 Å². The summed E-state index contributed by atoms with van der Waals surface area (Å²) >= 11 is 0. The first-order valence-corrected chi connectivity index (χ1v) is 15.4. The molecule has 2 aromatic carbocycles. The van der Waals surface area contributed by atoms with Crippen LogP contribution in [0, 0.1) is 0 Å². The lowest BCUT2D eigenvalue weighted by Gasteiger charge is -2.12. The quantitative estimate of drug-likeness (QED) is 0.114. The molecule has 1 aromatic heterocycles. The maximum atomic E-state index is 2.67. The van der Waals surface area contributed by atoms with Crippen molar-refractivity contribution in [2.24, 2.45) is 0 Å². The van der Waals surface area contributed by atoms with Gasteiger partial charge in [-0.2, -0.15) is 0 Å². The summed E-state index contributed by atoms with van der Waals surface area (Å²) in [5.41, 5.74) is 4.34. The number of unbranched alkanes of at least 4 members (excludes halogenated alkanes) is 11. The van der Waals surface area contributed by atoms with Crippen molar-refractivity contribution in [1.82, 2.24) is 4.57 Å². The Morgan fingerprint density at radius 2 is 1.22 bits per heavy atom. The van der Waals surface area contributed by atoms with E-state index in [4.69, 9.17) is 0 Å². The van der Waals surface area contributed by atoms with Gasteiger partial charge in [0.25, 0.3) is 5.82 Å². The Kier molecular flexibility index (Phi) is 13.6. The number of nitrogens with zero attached hydrogens (tertiary/aromatic N) is 2. The summed E-state index contributed by atoms with van der Waals surface area (Å²) in [6.07, 6.45) is 21.3. The number of aryl methyl sites for hydroxylation is 1. The Morgan fingerprint density at radius 3 is 1.78 bits per heavy atom. The van der Waals surface area contributed by atoms with Crippen LogP contribution in [-0.4, -0.2) is 4.57 Å². The first-order chi connectivity index (χ1) is 18.2. The van der Waals surface area contributed by atoms with Crippen molar-refractivity contribution in [2.75, 3.05) is 0 Å². The average molecular weight is 502 g/mol.